The lowest BCUT2D eigenvalue weighted by molar-refractivity contribution is -0.177. The topological polar surface area (TPSA) is 88.1 Å². The molecule has 5 aliphatic rings. The van der Waals surface area contributed by atoms with Gasteiger partial charge < -0.3 is 24.8 Å². The maximum atomic E-state index is 12.7. The van der Waals surface area contributed by atoms with Gasteiger partial charge in [-0.15, -0.1) is 0 Å². The number of carbonyl (C=O) groups excluding carboxylic acids is 2. The fraction of sp³-hybridized carbons (Fsp3) is 0.900. The molecule has 2 amide bonds. The highest BCUT2D eigenvalue weighted by atomic mass is 16.6. The molecule has 4 aliphatic carbocycles. The summed E-state index contributed by atoms with van der Waals surface area (Å²) in [4.78, 5) is 26.3. The molecule has 1 saturated heterocycles. The van der Waals surface area contributed by atoms with Crippen molar-refractivity contribution in [1.29, 1.82) is 0 Å². The second-order valence-electron chi connectivity index (χ2n) is 10.1. The van der Waals surface area contributed by atoms with Crippen molar-refractivity contribution < 1.29 is 24.2 Å². The van der Waals surface area contributed by atoms with Gasteiger partial charge in [0.2, 0.25) is 0 Å². The first-order chi connectivity index (χ1) is 12.6. The number of amides is 2. The summed E-state index contributed by atoms with van der Waals surface area (Å²) in [5.74, 6) is 1.18. The molecule has 0 aromatic rings. The molecule has 2 N–H and O–H groups in total. The quantitative estimate of drug-likeness (QED) is 0.769. The van der Waals surface area contributed by atoms with Crippen molar-refractivity contribution >= 4 is 12.2 Å². The number of rotatable bonds is 2. The highest BCUT2D eigenvalue weighted by molar-refractivity contribution is 5.70. The van der Waals surface area contributed by atoms with E-state index in [0.29, 0.717) is 37.3 Å². The van der Waals surface area contributed by atoms with Crippen molar-refractivity contribution in [3.63, 3.8) is 0 Å². The molecule has 4 saturated carbocycles. The van der Waals surface area contributed by atoms with Crippen LogP contribution in [0.3, 0.4) is 0 Å². The van der Waals surface area contributed by atoms with Gasteiger partial charge in [-0.2, -0.15) is 0 Å². The van der Waals surface area contributed by atoms with E-state index in [1.165, 1.54) is 0 Å². The minimum absolute atomic E-state index is 0.0628. The molecular weight excluding hydrogens is 348 g/mol. The van der Waals surface area contributed by atoms with Crippen LogP contribution in [0.1, 0.15) is 59.3 Å². The van der Waals surface area contributed by atoms with Crippen LogP contribution in [0.4, 0.5) is 9.59 Å². The minimum atomic E-state index is -0.537. The predicted octanol–water partition coefficient (Wildman–Crippen LogP) is 2.66. The van der Waals surface area contributed by atoms with Gasteiger partial charge in [0.15, 0.2) is 0 Å². The summed E-state index contributed by atoms with van der Waals surface area (Å²) in [6.45, 7) is 6.51. The molecule has 7 nitrogen and oxygen atoms in total. The Morgan fingerprint density at radius 1 is 1.15 bits per heavy atom. The first-order valence-corrected chi connectivity index (χ1v) is 10.3. The van der Waals surface area contributed by atoms with Gasteiger partial charge in [-0.3, -0.25) is 0 Å². The lowest BCUT2D eigenvalue weighted by atomic mass is 9.53. The van der Waals surface area contributed by atoms with Gasteiger partial charge in [-0.1, -0.05) is 0 Å². The number of carbonyl (C=O) groups is 2. The predicted molar refractivity (Wildman–Crippen MR) is 98.1 cm³/mol. The van der Waals surface area contributed by atoms with E-state index in [1.54, 1.807) is 4.90 Å². The second-order valence-corrected chi connectivity index (χ2v) is 10.1. The summed E-state index contributed by atoms with van der Waals surface area (Å²) >= 11 is 0. The van der Waals surface area contributed by atoms with Crippen LogP contribution in [0.5, 0.6) is 0 Å². The maximum absolute atomic E-state index is 12.7. The van der Waals surface area contributed by atoms with Gasteiger partial charge >= 0.3 is 12.2 Å². The van der Waals surface area contributed by atoms with Crippen LogP contribution in [0.15, 0.2) is 0 Å². The molecule has 0 spiro atoms. The number of likely N-dealkylation sites (tertiary alicyclic amines) is 1. The van der Waals surface area contributed by atoms with Crippen molar-refractivity contribution in [2.45, 2.75) is 82.6 Å². The summed E-state index contributed by atoms with van der Waals surface area (Å²) < 4.78 is 11.2. The van der Waals surface area contributed by atoms with Crippen molar-refractivity contribution in [2.24, 2.45) is 17.8 Å². The van der Waals surface area contributed by atoms with E-state index in [1.807, 2.05) is 20.8 Å². The Labute approximate surface area is 160 Å². The fourth-order valence-electron chi connectivity index (χ4n) is 5.84. The molecule has 0 radical (unpaired) electrons. The maximum Gasteiger partial charge on any atom is 0.410 e. The highest BCUT2D eigenvalue weighted by Crippen LogP contribution is 2.56. The zero-order valence-corrected chi connectivity index (χ0v) is 16.6. The van der Waals surface area contributed by atoms with E-state index in [0.717, 1.165) is 32.1 Å². The zero-order chi connectivity index (χ0) is 19.4. The van der Waals surface area contributed by atoms with Crippen LogP contribution in [0.2, 0.25) is 0 Å². The zero-order valence-electron chi connectivity index (χ0n) is 16.6. The Balaban J connectivity index is 1.28. The van der Waals surface area contributed by atoms with Gasteiger partial charge in [-0.05, 0) is 77.0 Å². The second kappa shape index (κ2) is 6.54. The third-order valence-corrected chi connectivity index (χ3v) is 6.56. The number of aliphatic hydroxyl groups is 1. The minimum Gasteiger partial charge on any atom is -0.446 e. The molecule has 7 heteroatoms. The number of ether oxygens (including phenoxy) is 2. The smallest absolute Gasteiger partial charge is 0.410 e. The number of nitrogens with zero attached hydrogens (tertiary/aromatic N) is 1. The van der Waals surface area contributed by atoms with Crippen LogP contribution in [-0.4, -0.2) is 58.6 Å². The molecule has 0 aromatic carbocycles. The molecule has 1 aliphatic heterocycles. The Bertz CT molecular complexity index is 600. The van der Waals surface area contributed by atoms with Crippen molar-refractivity contribution in [2.75, 3.05) is 13.1 Å². The van der Waals surface area contributed by atoms with Gasteiger partial charge in [0, 0.05) is 13.1 Å². The molecular formula is C20H32N2O5. The van der Waals surface area contributed by atoms with Gasteiger partial charge in [0.05, 0.1) is 11.6 Å². The van der Waals surface area contributed by atoms with E-state index in [4.69, 9.17) is 9.47 Å². The van der Waals surface area contributed by atoms with E-state index in [9.17, 15) is 14.7 Å². The van der Waals surface area contributed by atoms with Crippen LogP contribution in [0.25, 0.3) is 0 Å². The first-order valence-electron chi connectivity index (χ1n) is 10.3. The lowest BCUT2D eigenvalue weighted by Crippen LogP contribution is -2.58. The molecule has 6 atom stereocenters. The third-order valence-electron chi connectivity index (χ3n) is 6.56. The van der Waals surface area contributed by atoms with Crippen LogP contribution < -0.4 is 5.32 Å². The SMILES string of the molecule is CC(C)(C)OC(=O)N[C@@H]1CCN(C(=O)OC2C3CC4C[C@@H]2CC(O)(C4)C3)C1. The molecule has 4 unspecified atom stereocenters. The Kier molecular flexibility index (Phi) is 4.56. The molecule has 5 rings (SSSR count). The Hall–Kier alpha value is -1.50. The first kappa shape index (κ1) is 18.8. The van der Waals surface area contributed by atoms with E-state index >= 15 is 0 Å². The summed E-state index contributed by atoms with van der Waals surface area (Å²) in [6.07, 6.45) is 4.50. The van der Waals surface area contributed by atoms with Crippen LogP contribution >= 0.6 is 0 Å². The number of hydrogen-bond donors (Lipinski definition) is 2. The highest BCUT2D eigenvalue weighted by Gasteiger charge is 2.56. The van der Waals surface area contributed by atoms with E-state index in [2.05, 4.69) is 5.32 Å². The van der Waals surface area contributed by atoms with Crippen LogP contribution in [-0.2, 0) is 9.47 Å². The number of nitrogens with one attached hydrogen (secondary N) is 1. The molecule has 0 aromatic heterocycles. The summed E-state index contributed by atoms with van der Waals surface area (Å²) in [5.41, 5.74) is -1.06. The van der Waals surface area contributed by atoms with Gasteiger partial charge in [-0.25, -0.2) is 9.59 Å². The standard InChI is InChI=1S/C20H32N2O5/c1-19(2,3)27-17(23)21-15-4-5-22(11-15)18(24)26-16-13-6-12-7-14(16)10-20(25,8-12)9-13/h12-16,25H,4-11H2,1-3H3,(H,21,23)/t12?,13-,14?,15-,16?,20?/m1/s1. The number of hydrogen-bond acceptors (Lipinski definition) is 5. The lowest BCUT2D eigenvalue weighted by Gasteiger charge is -2.57. The van der Waals surface area contributed by atoms with Crippen LogP contribution in [0, 0.1) is 17.8 Å². The number of alkyl carbamates (subject to hydrolysis) is 1. The Morgan fingerprint density at radius 2 is 1.81 bits per heavy atom. The summed E-state index contributed by atoms with van der Waals surface area (Å²) in [6, 6.07) is -0.105. The molecule has 1 heterocycles. The van der Waals surface area contributed by atoms with Crippen molar-refractivity contribution in [1.82, 2.24) is 10.2 Å². The van der Waals surface area contributed by atoms with Gasteiger partial charge in [0.1, 0.15) is 11.7 Å². The van der Waals surface area contributed by atoms with E-state index < -0.39 is 17.3 Å². The largest absolute Gasteiger partial charge is 0.446 e. The summed E-state index contributed by atoms with van der Waals surface area (Å²) in [7, 11) is 0. The molecule has 152 valence electrons. The van der Waals surface area contributed by atoms with Gasteiger partial charge in [0.25, 0.3) is 0 Å². The molecule has 27 heavy (non-hydrogen) atoms. The average molecular weight is 380 g/mol. The van der Waals surface area contributed by atoms with E-state index in [-0.39, 0.29) is 18.2 Å². The molecule has 4 bridgehead atoms. The Morgan fingerprint density at radius 3 is 2.41 bits per heavy atom. The van der Waals surface area contributed by atoms with Crippen molar-refractivity contribution in [3.05, 3.63) is 0 Å². The summed E-state index contributed by atoms with van der Waals surface area (Å²) in [5, 5.41) is 13.5. The van der Waals surface area contributed by atoms with Crippen molar-refractivity contribution in [3.8, 4) is 0 Å². The third kappa shape index (κ3) is 4.03. The molecule has 5 fully saturated rings. The normalized spacial score (nSPS) is 40.1. The fourth-order valence-corrected chi connectivity index (χ4v) is 5.84. The monoisotopic (exact) mass is 380 g/mol. The average Bonchev–Trinajstić information content (AvgIpc) is 2.95.